The molecular formula is C22H40N4O4S. The normalized spacial score (nSPS) is 14.4. The fourth-order valence-electron chi connectivity index (χ4n) is 2.81. The Bertz CT molecular complexity index is 626. The molecule has 0 aliphatic rings. The molecule has 178 valence electrons. The van der Waals surface area contributed by atoms with E-state index < -0.39 is 29.7 Å². The van der Waals surface area contributed by atoms with E-state index in [1.807, 2.05) is 34.0 Å². The van der Waals surface area contributed by atoms with Crippen molar-refractivity contribution < 1.29 is 19.1 Å². The first-order valence-corrected chi connectivity index (χ1v) is 12.2. The maximum Gasteiger partial charge on any atom is 0.408 e. The van der Waals surface area contributed by atoms with Gasteiger partial charge in [-0.05, 0) is 57.5 Å². The van der Waals surface area contributed by atoms with Crippen LogP contribution < -0.4 is 16.0 Å². The molecule has 0 aliphatic heterocycles. The van der Waals surface area contributed by atoms with Crippen molar-refractivity contribution in [2.45, 2.75) is 91.5 Å². The van der Waals surface area contributed by atoms with Gasteiger partial charge in [-0.25, -0.2) is 4.79 Å². The predicted molar refractivity (Wildman–Crippen MR) is 125 cm³/mol. The lowest BCUT2D eigenvalue weighted by Crippen LogP contribution is -2.57. The van der Waals surface area contributed by atoms with Gasteiger partial charge in [0.15, 0.2) is 0 Å². The van der Waals surface area contributed by atoms with Crippen molar-refractivity contribution in [2.75, 3.05) is 12.0 Å². The Kier molecular flexibility index (Phi) is 13.3. The predicted octanol–water partition coefficient (Wildman–Crippen LogP) is 3.22. The highest BCUT2D eigenvalue weighted by Gasteiger charge is 2.31. The molecule has 0 rings (SSSR count). The number of hydrogen-bond donors (Lipinski definition) is 3. The molecule has 9 heteroatoms. The summed E-state index contributed by atoms with van der Waals surface area (Å²) in [4.78, 5) is 38.0. The maximum absolute atomic E-state index is 12.9. The van der Waals surface area contributed by atoms with Crippen LogP contribution >= 0.6 is 11.8 Å². The minimum atomic E-state index is -0.834. The molecule has 0 aromatic carbocycles. The van der Waals surface area contributed by atoms with E-state index in [1.165, 1.54) is 0 Å². The summed E-state index contributed by atoms with van der Waals surface area (Å²) in [6.45, 7) is 12.8. The summed E-state index contributed by atoms with van der Waals surface area (Å²) in [5, 5.41) is 17.3. The molecule has 0 aliphatic carbocycles. The second-order valence-electron chi connectivity index (χ2n) is 9.27. The number of nitrogens with zero attached hydrogens (tertiary/aromatic N) is 1. The third-order valence-electron chi connectivity index (χ3n) is 4.56. The van der Waals surface area contributed by atoms with Crippen LogP contribution in [0.1, 0.15) is 67.7 Å². The van der Waals surface area contributed by atoms with E-state index in [-0.39, 0.29) is 23.8 Å². The Morgan fingerprint density at radius 1 is 0.968 bits per heavy atom. The molecule has 31 heavy (non-hydrogen) atoms. The van der Waals surface area contributed by atoms with E-state index in [0.29, 0.717) is 25.0 Å². The topological polar surface area (TPSA) is 120 Å². The summed E-state index contributed by atoms with van der Waals surface area (Å²) in [6, 6.07) is 0.390. The average molecular weight is 457 g/mol. The largest absolute Gasteiger partial charge is 0.444 e. The van der Waals surface area contributed by atoms with Gasteiger partial charge in [-0.3, -0.25) is 9.59 Å². The zero-order chi connectivity index (χ0) is 24.2. The van der Waals surface area contributed by atoms with Crippen LogP contribution in [0.15, 0.2) is 0 Å². The van der Waals surface area contributed by atoms with Crippen LogP contribution in [0.5, 0.6) is 0 Å². The number of ether oxygens (including phenoxy) is 1. The summed E-state index contributed by atoms with van der Waals surface area (Å²) >= 11 is 1.58. The van der Waals surface area contributed by atoms with Crippen molar-refractivity contribution in [3.8, 4) is 6.07 Å². The van der Waals surface area contributed by atoms with Crippen LogP contribution in [0.3, 0.4) is 0 Å². The first-order chi connectivity index (χ1) is 14.3. The van der Waals surface area contributed by atoms with E-state index in [9.17, 15) is 14.4 Å². The van der Waals surface area contributed by atoms with Crippen LogP contribution in [0.4, 0.5) is 4.79 Å². The number of nitrogens with one attached hydrogen (secondary N) is 3. The summed E-state index contributed by atoms with van der Waals surface area (Å²) in [6.07, 6.45) is 2.61. The Labute approximate surface area is 191 Å². The summed E-state index contributed by atoms with van der Waals surface area (Å²) in [7, 11) is 0. The zero-order valence-corrected chi connectivity index (χ0v) is 21.0. The minimum Gasteiger partial charge on any atom is -0.444 e. The van der Waals surface area contributed by atoms with E-state index in [0.717, 1.165) is 0 Å². The van der Waals surface area contributed by atoms with Crippen molar-refractivity contribution in [3.63, 3.8) is 0 Å². The highest BCUT2D eigenvalue weighted by molar-refractivity contribution is 7.98. The standard InChI is InChI=1S/C22H40N4O4S/c1-14(2)16(10-9-12-23)24-19(27)17(11-13-31-8)25-20(28)18(15(3)4)26-21(29)30-22(5,6)7/h14-18H,9-11,13H2,1-8H3,(H,24,27)(H,25,28)(H,26,29)/t16?,17-,18-/m0/s1. The van der Waals surface area contributed by atoms with Gasteiger partial charge in [0.2, 0.25) is 11.8 Å². The summed E-state index contributed by atoms with van der Waals surface area (Å²) in [5.41, 5.74) is -0.682. The molecule has 3 N–H and O–H groups in total. The molecule has 0 saturated heterocycles. The van der Waals surface area contributed by atoms with Gasteiger partial charge < -0.3 is 20.7 Å². The molecule has 8 nitrogen and oxygen atoms in total. The second-order valence-corrected chi connectivity index (χ2v) is 10.3. The number of rotatable bonds is 12. The van der Waals surface area contributed by atoms with Crippen molar-refractivity contribution in [1.29, 1.82) is 5.26 Å². The molecule has 3 amide bonds. The molecule has 0 saturated carbocycles. The minimum absolute atomic E-state index is 0.151. The molecule has 0 fully saturated rings. The van der Waals surface area contributed by atoms with E-state index in [1.54, 1.807) is 32.5 Å². The average Bonchev–Trinajstić information content (AvgIpc) is 2.64. The Morgan fingerprint density at radius 2 is 1.58 bits per heavy atom. The van der Waals surface area contributed by atoms with Crippen LogP contribution in [-0.2, 0) is 14.3 Å². The lowest BCUT2D eigenvalue weighted by Gasteiger charge is -2.28. The highest BCUT2D eigenvalue weighted by atomic mass is 32.2. The third kappa shape index (κ3) is 12.5. The van der Waals surface area contributed by atoms with E-state index in [4.69, 9.17) is 10.00 Å². The van der Waals surface area contributed by atoms with Gasteiger partial charge in [-0.15, -0.1) is 0 Å². The van der Waals surface area contributed by atoms with E-state index in [2.05, 4.69) is 22.0 Å². The number of alkyl carbamates (subject to hydrolysis) is 1. The number of carbonyl (C=O) groups excluding carboxylic acids is 3. The van der Waals surface area contributed by atoms with Crippen molar-refractivity contribution in [3.05, 3.63) is 0 Å². The zero-order valence-electron chi connectivity index (χ0n) is 20.2. The Morgan fingerprint density at radius 3 is 2.03 bits per heavy atom. The molecule has 3 atom stereocenters. The second kappa shape index (κ2) is 14.2. The Balaban J connectivity index is 5.31. The van der Waals surface area contributed by atoms with Gasteiger partial charge in [-0.2, -0.15) is 17.0 Å². The number of amides is 3. The molecule has 0 heterocycles. The van der Waals surface area contributed by atoms with Gasteiger partial charge in [0.25, 0.3) is 0 Å². The SMILES string of the molecule is CSCC[C@H](NC(=O)[C@@H](NC(=O)OC(C)(C)C)C(C)C)C(=O)NC(CCC#N)C(C)C. The van der Waals surface area contributed by atoms with Gasteiger partial charge in [0, 0.05) is 12.5 Å². The maximum atomic E-state index is 12.9. The summed E-state index contributed by atoms with van der Waals surface area (Å²) in [5.74, 6) is -0.0595. The monoisotopic (exact) mass is 456 g/mol. The molecule has 0 bridgehead atoms. The van der Waals surface area contributed by atoms with Crippen molar-refractivity contribution >= 4 is 29.7 Å². The number of thioether (sulfide) groups is 1. The first-order valence-electron chi connectivity index (χ1n) is 10.8. The van der Waals surface area contributed by atoms with Gasteiger partial charge >= 0.3 is 6.09 Å². The molecule has 0 spiro atoms. The van der Waals surface area contributed by atoms with Crippen molar-refractivity contribution in [1.82, 2.24) is 16.0 Å². The number of hydrogen-bond acceptors (Lipinski definition) is 6. The van der Waals surface area contributed by atoms with E-state index >= 15 is 0 Å². The molecule has 0 aromatic rings. The first kappa shape index (κ1) is 29.1. The number of nitriles is 1. The summed E-state index contributed by atoms with van der Waals surface area (Å²) < 4.78 is 5.26. The van der Waals surface area contributed by atoms with Crippen LogP contribution in [0.2, 0.25) is 0 Å². The van der Waals surface area contributed by atoms with Crippen LogP contribution in [0, 0.1) is 23.2 Å². The van der Waals surface area contributed by atoms with Gasteiger partial charge in [0.05, 0.1) is 6.07 Å². The quantitative estimate of drug-likeness (QED) is 0.415. The number of carbonyl (C=O) groups is 3. The third-order valence-corrected chi connectivity index (χ3v) is 5.21. The lowest BCUT2D eigenvalue weighted by atomic mass is 9.98. The molecule has 0 radical (unpaired) electrons. The highest BCUT2D eigenvalue weighted by Crippen LogP contribution is 2.12. The van der Waals surface area contributed by atoms with Crippen LogP contribution in [-0.4, -0.2) is 53.6 Å². The van der Waals surface area contributed by atoms with Gasteiger partial charge in [-0.1, -0.05) is 27.7 Å². The molecule has 0 aromatic heterocycles. The molecular weight excluding hydrogens is 416 g/mol. The molecule has 1 unspecified atom stereocenters. The van der Waals surface area contributed by atoms with Crippen LogP contribution in [0.25, 0.3) is 0 Å². The Hall–Kier alpha value is -1.95. The van der Waals surface area contributed by atoms with Gasteiger partial charge in [0.1, 0.15) is 17.7 Å². The fourth-order valence-corrected chi connectivity index (χ4v) is 3.28. The van der Waals surface area contributed by atoms with Crippen molar-refractivity contribution in [2.24, 2.45) is 11.8 Å². The lowest BCUT2D eigenvalue weighted by molar-refractivity contribution is -0.131. The smallest absolute Gasteiger partial charge is 0.408 e. The fraction of sp³-hybridized carbons (Fsp3) is 0.818.